The van der Waals surface area contributed by atoms with Gasteiger partial charge in [-0.25, -0.2) is 0 Å². The van der Waals surface area contributed by atoms with Gasteiger partial charge in [-0.05, 0) is 25.9 Å². The molecule has 1 N–H and O–H groups in total. The van der Waals surface area contributed by atoms with E-state index in [2.05, 4.69) is 5.32 Å². The number of carbonyl (C=O) groups excluding carboxylic acids is 1. The normalized spacial score (nSPS) is 18.1. The van der Waals surface area contributed by atoms with Gasteiger partial charge in [-0.1, -0.05) is 0 Å². The molecule has 0 radical (unpaired) electrons. The van der Waals surface area contributed by atoms with Gasteiger partial charge in [-0.2, -0.15) is 0 Å². The van der Waals surface area contributed by atoms with Gasteiger partial charge in [-0.15, -0.1) is 0 Å². The number of likely N-dealkylation sites (N-methyl/N-ethyl adjacent to an activating group) is 1. The fourth-order valence-electron chi connectivity index (χ4n) is 1.48. The minimum absolute atomic E-state index is 0.0962. The third kappa shape index (κ3) is 4.07. The maximum atomic E-state index is 10.9. The van der Waals surface area contributed by atoms with Gasteiger partial charge in [0.15, 0.2) is 0 Å². The Kier molecular flexibility index (Phi) is 4.90. The zero-order chi connectivity index (χ0) is 10.4. The van der Waals surface area contributed by atoms with Crippen molar-refractivity contribution in [1.82, 2.24) is 10.2 Å². The molecule has 14 heavy (non-hydrogen) atoms. The van der Waals surface area contributed by atoms with Crippen molar-refractivity contribution in [2.75, 3.05) is 33.3 Å². The molecule has 4 nitrogen and oxygen atoms in total. The first kappa shape index (κ1) is 11.5. The Morgan fingerprint density at radius 3 is 2.71 bits per heavy atom. The zero-order valence-corrected chi connectivity index (χ0v) is 9.08. The maximum Gasteiger partial charge on any atom is 0.219 e. The maximum absolute atomic E-state index is 10.9. The summed E-state index contributed by atoms with van der Waals surface area (Å²) in [6, 6.07) is 0. The number of rotatable bonds is 4. The lowest BCUT2D eigenvalue weighted by Crippen LogP contribution is -2.35. The van der Waals surface area contributed by atoms with Crippen LogP contribution in [0.2, 0.25) is 0 Å². The van der Waals surface area contributed by atoms with Gasteiger partial charge >= 0.3 is 0 Å². The monoisotopic (exact) mass is 200 g/mol. The second-order valence-corrected chi connectivity index (χ2v) is 3.76. The number of ether oxygens (including phenoxy) is 1. The van der Waals surface area contributed by atoms with Gasteiger partial charge in [0, 0.05) is 20.5 Å². The van der Waals surface area contributed by atoms with Crippen molar-refractivity contribution in [3.63, 3.8) is 0 Å². The van der Waals surface area contributed by atoms with Crippen LogP contribution < -0.4 is 5.32 Å². The zero-order valence-electron chi connectivity index (χ0n) is 9.08. The highest BCUT2D eigenvalue weighted by Gasteiger charge is 2.13. The van der Waals surface area contributed by atoms with Crippen LogP contribution in [0.5, 0.6) is 0 Å². The van der Waals surface area contributed by atoms with E-state index in [0.717, 1.165) is 25.9 Å². The van der Waals surface area contributed by atoms with Crippen LogP contribution in [0.4, 0.5) is 0 Å². The molecule has 1 aliphatic heterocycles. The predicted octanol–water partition coefficient (Wildman–Crippen LogP) is 0.233. The first-order valence-electron chi connectivity index (χ1n) is 5.24. The van der Waals surface area contributed by atoms with E-state index in [1.165, 1.54) is 0 Å². The van der Waals surface area contributed by atoms with Gasteiger partial charge < -0.3 is 15.0 Å². The molecule has 0 bridgehead atoms. The van der Waals surface area contributed by atoms with Crippen molar-refractivity contribution in [3.8, 4) is 0 Å². The molecule has 0 aromatic rings. The van der Waals surface area contributed by atoms with Gasteiger partial charge in [-0.3, -0.25) is 4.79 Å². The van der Waals surface area contributed by atoms with E-state index in [4.69, 9.17) is 4.74 Å². The summed E-state index contributed by atoms with van der Waals surface area (Å²) >= 11 is 0. The van der Waals surface area contributed by atoms with Crippen molar-refractivity contribution in [1.29, 1.82) is 0 Å². The Balaban J connectivity index is 2.05. The molecular weight excluding hydrogens is 180 g/mol. The van der Waals surface area contributed by atoms with Crippen LogP contribution in [0.3, 0.4) is 0 Å². The van der Waals surface area contributed by atoms with Crippen LogP contribution in [-0.2, 0) is 9.53 Å². The van der Waals surface area contributed by atoms with E-state index < -0.39 is 0 Å². The molecule has 1 saturated heterocycles. The first-order valence-corrected chi connectivity index (χ1v) is 5.24. The van der Waals surface area contributed by atoms with Crippen molar-refractivity contribution in [3.05, 3.63) is 0 Å². The van der Waals surface area contributed by atoms with Crippen LogP contribution in [0, 0.1) is 0 Å². The number of piperidine rings is 1. The summed E-state index contributed by atoms with van der Waals surface area (Å²) in [5.41, 5.74) is 0. The third-order valence-corrected chi connectivity index (χ3v) is 2.60. The minimum atomic E-state index is 0.0962. The van der Waals surface area contributed by atoms with E-state index in [1.807, 2.05) is 0 Å². The van der Waals surface area contributed by atoms with Gasteiger partial charge in [0.1, 0.15) is 0 Å². The molecule has 82 valence electrons. The lowest BCUT2D eigenvalue weighted by Gasteiger charge is -2.24. The molecular formula is C10H20N2O2. The number of carbonyl (C=O) groups is 1. The summed E-state index contributed by atoms with van der Waals surface area (Å²) < 4.78 is 5.67. The lowest BCUT2D eigenvalue weighted by molar-refractivity contribution is -0.128. The second kappa shape index (κ2) is 5.98. The fraction of sp³-hybridized carbons (Fsp3) is 0.900. The molecule has 0 unspecified atom stereocenters. The van der Waals surface area contributed by atoms with Crippen LogP contribution in [0.1, 0.15) is 19.8 Å². The molecule has 0 aliphatic carbocycles. The fourth-order valence-corrected chi connectivity index (χ4v) is 1.48. The largest absolute Gasteiger partial charge is 0.376 e. The van der Waals surface area contributed by atoms with Gasteiger partial charge in [0.25, 0.3) is 0 Å². The summed E-state index contributed by atoms with van der Waals surface area (Å²) in [7, 11) is 1.80. The van der Waals surface area contributed by atoms with E-state index in [9.17, 15) is 4.79 Å². The molecule has 0 spiro atoms. The van der Waals surface area contributed by atoms with Crippen molar-refractivity contribution >= 4 is 5.91 Å². The molecule has 0 atom stereocenters. The number of amides is 1. The van der Waals surface area contributed by atoms with Crippen LogP contribution in [-0.4, -0.2) is 50.2 Å². The second-order valence-electron chi connectivity index (χ2n) is 3.76. The molecule has 0 saturated carbocycles. The van der Waals surface area contributed by atoms with Gasteiger partial charge in [0.2, 0.25) is 5.91 Å². The standard InChI is InChI=1S/C10H20N2O2/c1-9(13)12(2)7-8-14-10-3-5-11-6-4-10/h10-11H,3-8H2,1-2H3. The van der Waals surface area contributed by atoms with Crippen LogP contribution >= 0.6 is 0 Å². The first-order chi connectivity index (χ1) is 6.70. The van der Waals surface area contributed by atoms with Crippen LogP contribution in [0.25, 0.3) is 0 Å². The molecule has 0 aromatic carbocycles. The number of hydrogen-bond acceptors (Lipinski definition) is 3. The molecule has 0 aromatic heterocycles. The topological polar surface area (TPSA) is 41.6 Å². The number of nitrogens with one attached hydrogen (secondary N) is 1. The van der Waals surface area contributed by atoms with Crippen molar-refractivity contribution in [2.24, 2.45) is 0 Å². The molecule has 1 rings (SSSR count). The van der Waals surface area contributed by atoms with E-state index in [-0.39, 0.29) is 5.91 Å². The van der Waals surface area contributed by atoms with Crippen LogP contribution in [0.15, 0.2) is 0 Å². The Bertz CT molecular complexity index is 179. The average molecular weight is 200 g/mol. The quantitative estimate of drug-likeness (QED) is 0.706. The van der Waals surface area contributed by atoms with Gasteiger partial charge in [0.05, 0.1) is 12.7 Å². The summed E-state index contributed by atoms with van der Waals surface area (Å²) in [5.74, 6) is 0.0962. The molecule has 1 aliphatic rings. The molecule has 1 heterocycles. The average Bonchev–Trinajstić information content (AvgIpc) is 2.19. The number of nitrogens with zero attached hydrogens (tertiary/aromatic N) is 1. The SMILES string of the molecule is CC(=O)N(C)CCOC1CCNCC1. The minimum Gasteiger partial charge on any atom is -0.376 e. The highest BCUT2D eigenvalue weighted by Crippen LogP contribution is 2.06. The summed E-state index contributed by atoms with van der Waals surface area (Å²) in [5, 5.41) is 3.29. The van der Waals surface area contributed by atoms with E-state index >= 15 is 0 Å². The smallest absolute Gasteiger partial charge is 0.219 e. The summed E-state index contributed by atoms with van der Waals surface area (Å²) in [6.07, 6.45) is 2.56. The van der Waals surface area contributed by atoms with E-state index in [0.29, 0.717) is 19.3 Å². The highest BCUT2D eigenvalue weighted by atomic mass is 16.5. The molecule has 4 heteroatoms. The number of hydrogen-bond donors (Lipinski definition) is 1. The molecule has 1 fully saturated rings. The predicted molar refractivity (Wildman–Crippen MR) is 55.2 cm³/mol. The molecule has 1 amide bonds. The Hall–Kier alpha value is -0.610. The summed E-state index contributed by atoms with van der Waals surface area (Å²) in [6.45, 7) is 5.02. The Morgan fingerprint density at radius 2 is 2.14 bits per heavy atom. The third-order valence-electron chi connectivity index (χ3n) is 2.60. The van der Waals surface area contributed by atoms with Crippen molar-refractivity contribution in [2.45, 2.75) is 25.9 Å². The Morgan fingerprint density at radius 1 is 1.50 bits per heavy atom. The highest BCUT2D eigenvalue weighted by molar-refractivity contribution is 5.72. The lowest BCUT2D eigenvalue weighted by atomic mass is 10.1. The summed E-state index contributed by atoms with van der Waals surface area (Å²) in [4.78, 5) is 12.6. The Labute approximate surface area is 85.6 Å². The van der Waals surface area contributed by atoms with E-state index in [1.54, 1.807) is 18.9 Å². The van der Waals surface area contributed by atoms with Crippen molar-refractivity contribution < 1.29 is 9.53 Å².